The first kappa shape index (κ1) is 22.3. The first-order chi connectivity index (χ1) is 14.8. The van der Waals surface area contributed by atoms with Gasteiger partial charge in [-0.15, -0.1) is 0 Å². The minimum absolute atomic E-state index is 0.0598. The minimum Gasteiger partial charge on any atom is -0.493 e. The molecule has 1 aliphatic heterocycles. The van der Waals surface area contributed by atoms with Crippen molar-refractivity contribution in [2.45, 2.75) is 6.92 Å². The van der Waals surface area contributed by atoms with Crippen LogP contribution in [0.4, 0.5) is 5.69 Å². The summed E-state index contributed by atoms with van der Waals surface area (Å²) in [4.78, 5) is 36.2. The quantitative estimate of drug-likeness (QED) is 0.348. The summed E-state index contributed by atoms with van der Waals surface area (Å²) in [5, 5.41) is 7.50. The monoisotopic (exact) mass is 459 g/mol. The number of ether oxygens (including phenoxy) is 2. The topological polar surface area (TPSA) is 106 Å². The standard InChI is InChI=1S/C21H18ClN3O5S/c1-11-3-5-13(6-4-11)23-17(26)10-30-18-15(22)8-12(9-16(18)29-2)7-14-19(27)24-21(31)25-20(14)28/h3-9H,10H2,1-2H3,(H,23,26)(H2,24,25,27,28,31). The smallest absolute Gasteiger partial charge is 0.263 e. The highest BCUT2D eigenvalue weighted by molar-refractivity contribution is 7.80. The van der Waals surface area contributed by atoms with Gasteiger partial charge < -0.3 is 14.8 Å². The van der Waals surface area contributed by atoms with Gasteiger partial charge in [-0.05, 0) is 55.0 Å². The van der Waals surface area contributed by atoms with Gasteiger partial charge >= 0.3 is 0 Å². The number of rotatable bonds is 6. The van der Waals surface area contributed by atoms with Crippen LogP contribution in [-0.4, -0.2) is 36.6 Å². The number of benzene rings is 2. The van der Waals surface area contributed by atoms with Gasteiger partial charge in [-0.3, -0.25) is 25.0 Å². The molecule has 0 bridgehead atoms. The predicted molar refractivity (Wildman–Crippen MR) is 120 cm³/mol. The molecule has 31 heavy (non-hydrogen) atoms. The van der Waals surface area contributed by atoms with E-state index < -0.39 is 11.8 Å². The Morgan fingerprint density at radius 1 is 1.16 bits per heavy atom. The summed E-state index contributed by atoms with van der Waals surface area (Å²) in [5.74, 6) is -1.24. The van der Waals surface area contributed by atoms with Crippen LogP contribution in [0.3, 0.4) is 0 Å². The molecule has 2 aromatic carbocycles. The molecule has 160 valence electrons. The van der Waals surface area contributed by atoms with E-state index in [1.807, 2.05) is 19.1 Å². The summed E-state index contributed by atoms with van der Waals surface area (Å²) in [7, 11) is 1.40. The van der Waals surface area contributed by atoms with E-state index in [4.69, 9.17) is 33.3 Å². The molecule has 1 heterocycles. The highest BCUT2D eigenvalue weighted by Gasteiger charge is 2.26. The third-order valence-corrected chi connectivity index (χ3v) is 4.67. The summed E-state index contributed by atoms with van der Waals surface area (Å²) in [6, 6.07) is 10.3. The Kier molecular flexibility index (Phi) is 6.88. The molecule has 1 aliphatic rings. The number of halogens is 1. The largest absolute Gasteiger partial charge is 0.493 e. The van der Waals surface area contributed by atoms with E-state index >= 15 is 0 Å². The van der Waals surface area contributed by atoms with E-state index in [9.17, 15) is 14.4 Å². The summed E-state index contributed by atoms with van der Waals surface area (Å²) >= 11 is 11.1. The number of amides is 3. The van der Waals surface area contributed by atoms with Gasteiger partial charge in [-0.25, -0.2) is 0 Å². The first-order valence-corrected chi connectivity index (χ1v) is 9.80. The molecule has 0 aromatic heterocycles. The molecule has 0 saturated carbocycles. The average Bonchev–Trinajstić information content (AvgIpc) is 2.71. The van der Waals surface area contributed by atoms with Crippen molar-refractivity contribution in [3.05, 3.63) is 58.1 Å². The summed E-state index contributed by atoms with van der Waals surface area (Å²) in [6.45, 7) is 1.65. The number of thiocarbonyl (C=S) groups is 1. The zero-order valence-corrected chi connectivity index (χ0v) is 18.1. The van der Waals surface area contributed by atoms with Crippen molar-refractivity contribution in [2.75, 3.05) is 19.0 Å². The van der Waals surface area contributed by atoms with Crippen LogP contribution in [0.2, 0.25) is 5.02 Å². The Hall–Kier alpha value is -3.43. The Labute approximate surface area is 188 Å². The number of carbonyl (C=O) groups excluding carboxylic acids is 3. The SMILES string of the molecule is COc1cc(C=C2C(=O)NC(=S)NC2=O)cc(Cl)c1OCC(=O)Nc1ccc(C)cc1. The van der Waals surface area contributed by atoms with Crippen LogP contribution in [0.1, 0.15) is 11.1 Å². The van der Waals surface area contributed by atoms with E-state index in [1.165, 1.54) is 25.3 Å². The molecule has 10 heteroatoms. The number of hydrogen-bond donors (Lipinski definition) is 3. The molecule has 0 aliphatic carbocycles. The maximum Gasteiger partial charge on any atom is 0.263 e. The van der Waals surface area contributed by atoms with Gasteiger partial charge in [-0.2, -0.15) is 0 Å². The molecule has 8 nitrogen and oxygen atoms in total. The second-order valence-corrected chi connectivity index (χ2v) is 7.35. The van der Waals surface area contributed by atoms with E-state index in [0.717, 1.165) is 5.56 Å². The van der Waals surface area contributed by atoms with Gasteiger partial charge in [0.2, 0.25) is 0 Å². The Balaban J connectivity index is 1.75. The zero-order chi connectivity index (χ0) is 22.5. The molecular weight excluding hydrogens is 442 g/mol. The van der Waals surface area contributed by atoms with Crippen LogP contribution in [0.25, 0.3) is 6.08 Å². The van der Waals surface area contributed by atoms with Crippen molar-refractivity contribution >= 4 is 58.4 Å². The lowest BCUT2D eigenvalue weighted by molar-refractivity contribution is -0.123. The van der Waals surface area contributed by atoms with Crippen LogP contribution < -0.4 is 25.4 Å². The fourth-order valence-corrected chi connectivity index (χ4v) is 3.17. The van der Waals surface area contributed by atoms with Crippen molar-refractivity contribution in [1.82, 2.24) is 10.6 Å². The molecule has 0 unspecified atom stereocenters. The highest BCUT2D eigenvalue weighted by atomic mass is 35.5. The van der Waals surface area contributed by atoms with Crippen LogP contribution in [-0.2, 0) is 14.4 Å². The van der Waals surface area contributed by atoms with Gasteiger partial charge in [-0.1, -0.05) is 29.3 Å². The van der Waals surface area contributed by atoms with Gasteiger partial charge in [0.25, 0.3) is 17.7 Å². The van der Waals surface area contributed by atoms with Crippen molar-refractivity contribution in [1.29, 1.82) is 0 Å². The maximum absolute atomic E-state index is 12.2. The van der Waals surface area contributed by atoms with E-state index in [2.05, 4.69) is 16.0 Å². The lowest BCUT2D eigenvalue weighted by atomic mass is 10.1. The number of carbonyl (C=O) groups is 3. The number of hydrogen-bond acceptors (Lipinski definition) is 6. The number of anilines is 1. The molecule has 3 N–H and O–H groups in total. The molecule has 0 spiro atoms. The molecule has 1 saturated heterocycles. The minimum atomic E-state index is -0.628. The Morgan fingerprint density at radius 2 is 1.81 bits per heavy atom. The molecule has 3 amide bonds. The molecule has 2 aromatic rings. The molecular formula is C21H18ClN3O5S. The van der Waals surface area contributed by atoms with E-state index in [0.29, 0.717) is 11.3 Å². The number of methoxy groups -OCH3 is 1. The fraction of sp³-hybridized carbons (Fsp3) is 0.143. The average molecular weight is 460 g/mol. The van der Waals surface area contributed by atoms with Crippen molar-refractivity contribution in [3.8, 4) is 11.5 Å². The molecule has 1 fully saturated rings. The summed E-state index contributed by atoms with van der Waals surface area (Å²) in [6.07, 6.45) is 1.34. The Morgan fingerprint density at radius 3 is 2.42 bits per heavy atom. The second kappa shape index (κ2) is 9.59. The summed E-state index contributed by atoms with van der Waals surface area (Å²) < 4.78 is 10.9. The molecule has 0 radical (unpaired) electrons. The van der Waals surface area contributed by atoms with Gasteiger partial charge in [0.1, 0.15) is 5.57 Å². The van der Waals surface area contributed by atoms with Crippen LogP contribution in [0.5, 0.6) is 11.5 Å². The maximum atomic E-state index is 12.2. The van der Waals surface area contributed by atoms with Crippen LogP contribution in [0.15, 0.2) is 42.0 Å². The lowest BCUT2D eigenvalue weighted by Gasteiger charge is -2.17. The highest BCUT2D eigenvalue weighted by Crippen LogP contribution is 2.37. The Bertz CT molecular complexity index is 1080. The van der Waals surface area contributed by atoms with Crippen LogP contribution in [0, 0.1) is 6.92 Å². The molecule has 0 atom stereocenters. The first-order valence-electron chi connectivity index (χ1n) is 9.02. The zero-order valence-electron chi connectivity index (χ0n) is 16.6. The molecule has 3 rings (SSSR count). The van der Waals surface area contributed by atoms with Crippen LogP contribution >= 0.6 is 23.8 Å². The lowest BCUT2D eigenvalue weighted by Crippen LogP contribution is -2.51. The van der Waals surface area contributed by atoms with Gasteiger partial charge in [0, 0.05) is 5.69 Å². The predicted octanol–water partition coefficient (Wildman–Crippen LogP) is 2.59. The van der Waals surface area contributed by atoms with Gasteiger partial charge in [0.05, 0.1) is 12.1 Å². The van der Waals surface area contributed by atoms with E-state index in [-0.39, 0.29) is 39.7 Å². The van der Waals surface area contributed by atoms with Crippen molar-refractivity contribution < 1.29 is 23.9 Å². The fourth-order valence-electron chi connectivity index (χ4n) is 2.71. The van der Waals surface area contributed by atoms with Gasteiger partial charge in [0.15, 0.2) is 23.2 Å². The summed E-state index contributed by atoms with van der Waals surface area (Å²) in [5.41, 5.74) is 2.00. The normalized spacial score (nSPS) is 13.3. The number of nitrogens with one attached hydrogen (secondary N) is 3. The third-order valence-electron chi connectivity index (χ3n) is 4.19. The third kappa shape index (κ3) is 5.59. The second-order valence-electron chi connectivity index (χ2n) is 6.53. The van der Waals surface area contributed by atoms with Crippen molar-refractivity contribution in [2.24, 2.45) is 0 Å². The number of aryl methyl sites for hydroxylation is 1. The van der Waals surface area contributed by atoms with Crippen molar-refractivity contribution in [3.63, 3.8) is 0 Å². The van der Waals surface area contributed by atoms with E-state index in [1.54, 1.807) is 12.1 Å².